The van der Waals surface area contributed by atoms with Gasteiger partial charge in [-0.3, -0.25) is 10.1 Å². The highest BCUT2D eigenvalue weighted by Gasteiger charge is 2.24. The number of nitro benzene ring substituents is 1. The maximum atomic E-state index is 12.6. The van der Waals surface area contributed by atoms with E-state index in [-0.39, 0.29) is 11.7 Å². The first-order chi connectivity index (χ1) is 12.2. The first-order valence-electron chi connectivity index (χ1n) is 7.63. The Balaban J connectivity index is 2.44. The highest BCUT2D eigenvalue weighted by atomic mass is 32.2. The lowest BCUT2D eigenvalue weighted by Gasteiger charge is -2.14. The average molecular weight is 378 g/mol. The summed E-state index contributed by atoms with van der Waals surface area (Å²) < 4.78 is 27.0. The number of nitrogens with zero attached hydrogens (tertiary/aromatic N) is 1. The van der Waals surface area contributed by atoms with E-state index in [0.29, 0.717) is 5.69 Å². The zero-order valence-electron chi connectivity index (χ0n) is 14.1. The Hall–Kier alpha value is -3.14. The highest BCUT2D eigenvalue weighted by Crippen LogP contribution is 2.28. The number of nitro groups is 1. The Labute approximate surface area is 150 Å². The summed E-state index contributed by atoms with van der Waals surface area (Å²) >= 11 is 0. The molecule has 0 aromatic heterocycles. The second-order valence-electron chi connectivity index (χ2n) is 5.66. The zero-order valence-corrected chi connectivity index (χ0v) is 14.9. The van der Waals surface area contributed by atoms with Crippen molar-refractivity contribution in [3.8, 4) is 0 Å². The van der Waals surface area contributed by atoms with E-state index in [0.717, 1.165) is 6.07 Å². The molecule has 2 aromatic rings. The fourth-order valence-corrected chi connectivity index (χ4v) is 3.19. The van der Waals surface area contributed by atoms with Gasteiger partial charge in [-0.05, 0) is 32.0 Å². The largest absolute Gasteiger partial charge is 0.354 e. The monoisotopic (exact) mass is 378 g/mol. The van der Waals surface area contributed by atoms with Crippen molar-refractivity contribution in [2.75, 3.05) is 5.32 Å². The molecule has 10 heteroatoms. The van der Waals surface area contributed by atoms with Crippen molar-refractivity contribution in [3.63, 3.8) is 0 Å². The van der Waals surface area contributed by atoms with E-state index < -0.39 is 31.6 Å². The van der Waals surface area contributed by atoms with Crippen molar-refractivity contribution in [2.45, 2.75) is 24.8 Å². The molecule has 0 saturated heterocycles. The maximum Gasteiger partial charge on any atom is 0.328 e. The number of hydrogen-bond donors (Lipinski definition) is 3. The molecule has 0 aliphatic carbocycles. The number of amides is 2. The Kier molecular flexibility index (Phi) is 5.78. The number of urea groups is 1. The number of sulfonamides is 1. The van der Waals surface area contributed by atoms with Crippen LogP contribution in [0.1, 0.15) is 13.8 Å². The molecule has 0 aliphatic rings. The van der Waals surface area contributed by atoms with Gasteiger partial charge in [0.25, 0.3) is 15.7 Å². The number of nitrogens with one attached hydrogen (secondary N) is 3. The van der Waals surface area contributed by atoms with Gasteiger partial charge in [0.1, 0.15) is 4.90 Å². The number of carbonyl (C=O) groups excluding carboxylic acids is 1. The summed E-state index contributed by atoms with van der Waals surface area (Å²) in [5, 5.41) is 16.3. The van der Waals surface area contributed by atoms with Gasteiger partial charge in [-0.15, -0.1) is 0 Å². The second kappa shape index (κ2) is 7.83. The lowest BCUT2D eigenvalue weighted by molar-refractivity contribution is -0.385. The van der Waals surface area contributed by atoms with Crippen LogP contribution in [0.3, 0.4) is 0 Å². The molecule has 0 aliphatic heterocycles. The van der Waals surface area contributed by atoms with Gasteiger partial charge in [0.05, 0.1) is 10.6 Å². The minimum absolute atomic E-state index is 0.103. The first kappa shape index (κ1) is 19.2. The molecule has 0 atom stereocenters. The van der Waals surface area contributed by atoms with Gasteiger partial charge < -0.3 is 10.6 Å². The van der Waals surface area contributed by atoms with Crippen molar-refractivity contribution >= 4 is 33.1 Å². The molecule has 26 heavy (non-hydrogen) atoms. The van der Waals surface area contributed by atoms with Crippen LogP contribution in [-0.2, 0) is 10.0 Å². The van der Waals surface area contributed by atoms with Crippen LogP contribution in [0.2, 0.25) is 0 Å². The lowest BCUT2D eigenvalue weighted by Crippen LogP contribution is -2.42. The summed E-state index contributed by atoms with van der Waals surface area (Å²) in [6, 6.07) is 10.8. The van der Waals surface area contributed by atoms with E-state index >= 15 is 0 Å². The molecule has 0 heterocycles. The molecule has 2 amide bonds. The molecule has 0 unspecified atom stereocenters. The zero-order chi connectivity index (χ0) is 19.3. The van der Waals surface area contributed by atoms with Crippen LogP contribution >= 0.6 is 0 Å². The molecule has 3 N–H and O–H groups in total. The molecule has 2 rings (SSSR count). The molecule has 2 aromatic carbocycles. The highest BCUT2D eigenvalue weighted by molar-refractivity contribution is 7.90. The Morgan fingerprint density at radius 1 is 1.12 bits per heavy atom. The van der Waals surface area contributed by atoms with Gasteiger partial charge in [0.15, 0.2) is 0 Å². The van der Waals surface area contributed by atoms with E-state index in [2.05, 4.69) is 10.6 Å². The topological polar surface area (TPSA) is 130 Å². The summed E-state index contributed by atoms with van der Waals surface area (Å²) in [5.74, 6) is 0. The Morgan fingerprint density at radius 3 is 2.35 bits per heavy atom. The van der Waals surface area contributed by atoms with Crippen LogP contribution in [0.15, 0.2) is 53.4 Å². The molecular weight excluding hydrogens is 360 g/mol. The van der Waals surface area contributed by atoms with Crippen LogP contribution in [0.25, 0.3) is 0 Å². The Bertz CT molecular complexity index is 913. The molecule has 0 radical (unpaired) electrons. The summed E-state index contributed by atoms with van der Waals surface area (Å²) in [6.07, 6.45) is 0. The lowest BCUT2D eigenvalue weighted by atomic mass is 10.2. The van der Waals surface area contributed by atoms with Gasteiger partial charge in [-0.25, -0.2) is 17.9 Å². The molecule has 138 valence electrons. The smallest absolute Gasteiger partial charge is 0.328 e. The van der Waals surface area contributed by atoms with Crippen molar-refractivity contribution in [3.05, 3.63) is 58.6 Å². The van der Waals surface area contributed by atoms with Gasteiger partial charge >= 0.3 is 6.03 Å². The number of anilines is 2. The second-order valence-corrected chi connectivity index (χ2v) is 7.31. The van der Waals surface area contributed by atoms with Crippen molar-refractivity contribution in [1.82, 2.24) is 10.0 Å². The fraction of sp³-hybridized carbons (Fsp3) is 0.188. The van der Waals surface area contributed by atoms with E-state index in [4.69, 9.17) is 0 Å². The summed E-state index contributed by atoms with van der Waals surface area (Å²) in [5.41, 5.74) is 0.282. The number of benzene rings is 2. The predicted octanol–water partition coefficient (Wildman–Crippen LogP) is 2.73. The van der Waals surface area contributed by atoms with E-state index in [1.807, 2.05) is 4.72 Å². The molecular formula is C16H18N4O5S. The third-order valence-corrected chi connectivity index (χ3v) is 4.54. The minimum atomic E-state index is -4.34. The summed E-state index contributed by atoms with van der Waals surface area (Å²) in [4.78, 5) is 21.7. The van der Waals surface area contributed by atoms with Gasteiger partial charge in [-0.2, -0.15) is 0 Å². The molecule has 9 nitrogen and oxygen atoms in total. The third kappa shape index (κ3) is 4.93. The third-order valence-electron chi connectivity index (χ3n) is 3.17. The normalized spacial score (nSPS) is 11.0. The van der Waals surface area contributed by atoms with E-state index in [1.54, 1.807) is 44.2 Å². The maximum absolute atomic E-state index is 12.6. The van der Waals surface area contributed by atoms with Gasteiger partial charge in [0.2, 0.25) is 0 Å². The van der Waals surface area contributed by atoms with Gasteiger partial charge in [-0.1, -0.05) is 18.2 Å². The van der Waals surface area contributed by atoms with Crippen LogP contribution < -0.4 is 15.4 Å². The number of rotatable bonds is 6. The SMILES string of the molecule is CC(C)NC(=O)NS(=O)(=O)c1cc([N+](=O)[O-])ccc1Nc1ccccc1. The van der Waals surface area contributed by atoms with Crippen LogP contribution in [0.5, 0.6) is 0 Å². The minimum Gasteiger partial charge on any atom is -0.354 e. The van der Waals surface area contributed by atoms with E-state index in [1.165, 1.54) is 12.1 Å². The van der Waals surface area contributed by atoms with Crippen molar-refractivity contribution in [1.29, 1.82) is 0 Å². The number of carbonyl (C=O) groups is 1. The van der Waals surface area contributed by atoms with Gasteiger partial charge in [0, 0.05) is 23.9 Å². The fourth-order valence-electron chi connectivity index (χ4n) is 2.10. The Morgan fingerprint density at radius 2 is 1.77 bits per heavy atom. The van der Waals surface area contributed by atoms with E-state index in [9.17, 15) is 23.3 Å². The predicted molar refractivity (Wildman–Crippen MR) is 96.8 cm³/mol. The number of hydrogen-bond acceptors (Lipinski definition) is 6. The number of para-hydroxylation sites is 1. The quantitative estimate of drug-likeness (QED) is 0.523. The molecule has 0 bridgehead atoms. The molecule has 0 saturated carbocycles. The van der Waals surface area contributed by atoms with Crippen molar-refractivity contribution in [2.24, 2.45) is 0 Å². The molecule has 0 fully saturated rings. The number of non-ortho nitro benzene ring substituents is 1. The average Bonchev–Trinajstić information content (AvgIpc) is 2.54. The first-order valence-corrected chi connectivity index (χ1v) is 9.11. The van der Waals surface area contributed by atoms with Crippen LogP contribution in [0, 0.1) is 10.1 Å². The van der Waals surface area contributed by atoms with Crippen LogP contribution in [-0.4, -0.2) is 25.4 Å². The molecule has 0 spiro atoms. The summed E-state index contributed by atoms with van der Waals surface area (Å²) in [7, 11) is -4.34. The van der Waals surface area contributed by atoms with Crippen LogP contribution in [0.4, 0.5) is 21.9 Å². The standard InChI is InChI=1S/C16H18N4O5S/c1-11(2)17-16(21)19-26(24,25)15-10-13(20(22)23)8-9-14(15)18-12-6-4-3-5-7-12/h3-11,18H,1-2H3,(H2,17,19,21). The van der Waals surface area contributed by atoms with Crippen molar-refractivity contribution < 1.29 is 18.1 Å². The summed E-state index contributed by atoms with van der Waals surface area (Å²) in [6.45, 7) is 3.34.